The third kappa shape index (κ3) is 3.38. The summed E-state index contributed by atoms with van der Waals surface area (Å²) in [5.74, 6) is 0. The summed E-state index contributed by atoms with van der Waals surface area (Å²) in [6.07, 6.45) is 1.02. The molecule has 0 saturated carbocycles. The number of nitrogens with zero attached hydrogens (tertiary/aromatic N) is 1. The zero-order valence-electron chi connectivity index (χ0n) is 10.3. The normalized spacial score (nSPS) is 12.6. The molecule has 0 aliphatic heterocycles. The van der Waals surface area contributed by atoms with Crippen molar-refractivity contribution < 1.29 is 0 Å². The van der Waals surface area contributed by atoms with Crippen molar-refractivity contribution in [2.24, 2.45) is 0 Å². The molecule has 0 saturated heterocycles. The molecule has 0 fully saturated rings. The van der Waals surface area contributed by atoms with Gasteiger partial charge in [-0.3, -0.25) is 4.98 Å². The van der Waals surface area contributed by atoms with E-state index < -0.39 is 0 Å². The maximum Gasteiger partial charge on any atom is 0.0580 e. The first-order valence-electron chi connectivity index (χ1n) is 5.99. The molecular weight excluding hydrogens is 228 g/mol. The molecule has 3 heteroatoms. The van der Waals surface area contributed by atoms with Crippen LogP contribution >= 0.6 is 11.3 Å². The highest BCUT2D eigenvalue weighted by atomic mass is 32.1. The lowest BCUT2D eigenvalue weighted by molar-refractivity contribution is 0.539. The van der Waals surface area contributed by atoms with Crippen LogP contribution in [0.3, 0.4) is 0 Å². The molecule has 90 valence electrons. The van der Waals surface area contributed by atoms with Gasteiger partial charge >= 0.3 is 0 Å². The van der Waals surface area contributed by atoms with E-state index in [2.05, 4.69) is 46.9 Å². The maximum atomic E-state index is 4.61. The van der Waals surface area contributed by atoms with Crippen LogP contribution < -0.4 is 5.32 Å². The Kier molecular flexibility index (Phi) is 4.29. The quantitative estimate of drug-likeness (QED) is 0.875. The zero-order chi connectivity index (χ0) is 12.1. The third-order valence-corrected chi connectivity index (χ3v) is 3.60. The summed E-state index contributed by atoms with van der Waals surface area (Å²) in [6, 6.07) is 10.8. The number of likely N-dealkylation sites (N-methyl/N-ethyl adjacent to an activating group) is 1. The minimum absolute atomic E-state index is 0.318. The van der Waals surface area contributed by atoms with Gasteiger partial charge < -0.3 is 5.32 Å². The second-order valence-corrected chi connectivity index (χ2v) is 5.13. The highest BCUT2D eigenvalue weighted by Gasteiger charge is 2.12. The largest absolute Gasteiger partial charge is 0.309 e. The van der Waals surface area contributed by atoms with Crippen LogP contribution in [0.25, 0.3) is 0 Å². The van der Waals surface area contributed by atoms with Gasteiger partial charge in [-0.1, -0.05) is 19.1 Å². The van der Waals surface area contributed by atoms with Gasteiger partial charge in [0.1, 0.15) is 0 Å². The maximum absolute atomic E-state index is 4.61. The molecule has 2 nitrogen and oxygen atoms in total. The molecule has 1 atom stereocenters. The number of thiophene rings is 1. The average molecular weight is 246 g/mol. The van der Waals surface area contributed by atoms with Crippen LogP contribution in [0, 0.1) is 6.92 Å². The Labute approximate surface area is 107 Å². The van der Waals surface area contributed by atoms with Crippen molar-refractivity contribution in [2.45, 2.75) is 26.3 Å². The number of aryl methyl sites for hydroxylation is 1. The Morgan fingerprint density at radius 3 is 2.82 bits per heavy atom. The second-order valence-electron chi connectivity index (χ2n) is 4.10. The van der Waals surface area contributed by atoms with Crippen LogP contribution in [-0.2, 0) is 6.42 Å². The van der Waals surface area contributed by atoms with Crippen LogP contribution in [0.5, 0.6) is 0 Å². The molecule has 2 aromatic heterocycles. The lowest BCUT2D eigenvalue weighted by Gasteiger charge is -2.17. The predicted molar refractivity (Wildman–Crippen MR) is 73.4 cm³/mol. The number of hydrogen-bond donors (Lipinski definition) is 1. The fourth-order valence-electron chi connectivity index (χ4n) is 1.92. The van der Waals surface area contributed by atoms with E-state index in [4.69, 9.17) is 0 Å². The first kappa shape index (κ1) is 12.3. The van der Waals surface area contributed by atoms with Crippen LogP contribution in [0.4, 0.5) is 0 Å². The smallest absolute Gasteiger partial charge is 0.0580 e. The average Bonchev–Trinajstić information content (AvgIpc) is 2.81. The molecule has 0 aliphatic carbocycles. The Hall–Kier alpha value is -1.19. The molecule has 0 amide bonds. The van der Waals surface area contributed by atoms with E-state index in [1.54, 1.807) is 0 Å². The monoisotopic (exact) mass is 246 g/mol. The fourth-order valence-corrected chi connectivity index (χ4v) is 2.67. The van der Waals surface area contributed by atoms with Gasteiger partial charge in [0.2, 0.25) is 0 Å². The van der Waals surface area contributed by atoms with Gasteiger partial charge in [-0.25, -0.2) is 0 Å². The zero-order valence-corrected chi connectivity index (χ0v) is 11.1. The van der Waals surface area contributed by atoms with E-state index in [0.717, 1.165) is 24.4 Å². The number of hydrogen-bond acceptors (Lipinski definition) is 3. The summed E-state index contributed by atoms with van der Waals surface area (Å²) in [5, 5.41) is 5.64. The summed E-state index contributed by atoms with van der Waals surface area (Å²) in [4.78, 5) is 6.02. The van der Waals surface area contributed by atoms with Crippen LogP contribution in [0.1, 0.15) is 29.2 Å². The van der Waals surface area contributed by atoms with Gasteiger partial charge in [-0.2, -0.15) is 0 Å². The van der Waals surface area contributed by atoms with Gasteiger partial charge in [0.05, 0.1) is 11.7 Å². The summed E-state index contributed by atoms with van der Waals surface area (Å²) in [5.41, 5.74) is 2.22. The van der Waals surface area contributed by atoms with E-state index in [1.165, 1.54) is 4.88 Å². The first-order valence-corrected chi connectivity index (χ1v) is 6.87. The Morgan fingerprint density at radius 2 is 2.18 bits per heavy atom. The standard InChI is InChI=1S/C14H18N2S/c1-3-15-14(10-12-7-5-9-17-12)13-8-4-6-11(2)16-13/h4-9,14-15H,3,10H2,1-2H3. The molecule has 0 bridgehead atoms. The lowest BCUT2D eigenvalue weighted by atomic mass is 10.1. The van der Waals surface area contributed by atoms with Crippen LogP contribution in [0.2, 0.25) is 0 Å². The van der Waals surface area contributed by atoms with E-state index in [-0.39, 0.29) is 0 Å². The number of rotatable bonds is 5. The van der Waals surface area contributed by atoms with Crippen molar-refractivity contribution >= 4 is 11.3 Å². The third-order valence-electron chi connectivity index (χ3n) is 2.70. The second kappa shape index (κ2) is 5.94. The van der Waals surface area contributed by atoms with Crippen molar-refractivity contribution in [3.63, 3.8) is 0 Å². The SMILES string of the molecule is CCNC(Cc1cccs1)c1cccc(C)n1. The molecule has 0 aliphatic rings. The Bertz CT molecular complexity index is 451. The summed E-state index contributed by atoms with van der Waals surface area (Å²) in [6.45, 7) is 5.14. The topological polar surface area (TPSA) is 24.9 Å². The van der Waals surface area contributed by atoms with Crippen molar-refractivity contribution in [1.29, 1.82) is 0 Å². The van der Waals surface area contributed by atoms with Crippen molar-refractivity contribution in [2.75, 3.05) is 6.54 Å². The first-order chi connectivity index (χ1) is 8.29. The summed E-state index contributed by atoms with van der Waals surface area (Å²) in [7, 11) is 0. The molecule has 1 unspecified atom stereocenters. The fraction of sp³-hybridized carbons (Fsp3) is 0.357. The Balaban J connectivity index is 2.16. The van der Waals surface area contributed by atoms with Gasteiger partial charge in [-0.15, -0.1) is 11.3 Å². The summed E-state index contributed by atoms with van der Waals surface area (Å²) >= 11 is 1.81. The number of nitrogens with one attached hydrogen (secondary N) is 1. The van der Waals surface area contributed by atoms with Crippen molar-refractivity contribution in [3.05, 3.63) is 52.0 Å². The van der Waals surface area contributed by atoms with Crippen LogP contribution in [0.15, 0.2) is 35.7 Å². The molecule has 2 rings (SSSR count). The lowest BCUT2D eigenvalue weighted by Crippen LogP contribution is -2.23. The van der Waals surface area contributed by atoms with Gasteiger partial charge in [-0.05, 0) is 37.0 Å². The van der Waals surface area contributed by atoms with E-state index >= 15 is 0 Å². The van der Waals surface area contributed by atoms with Gasteiger partial charge in [0.25, 0.3) is 0 Å². The predicted octanol–water partition coefficient (Wildman–Crippen LogP) is 3.34. The van der Waals surface area contributed by atoms with Gasteiger partial charge in [0, 0.05) is 17.0 Å². The molecule has 2 heterocycles. The highest BCUT2D eigenvalue weighted by molar-refractivity contribution is 7.09. The van der Waals surface area contributed by atoms with E-state index in [1.807, 2.05) is 24.3 Å². The molecular formula is C14H18N2S. The number of aromatic nitrogens is 1. The van der Waals surface area contributed by atoms with E-state index in [9.17, 15) is 0 Å². The van der Waals surface area contributed by atoms with Crippen LogP contribution in [-0.4, -0.2) is 11.5 Å². The summed E-state index contributed by atoms with van der Waals surface area (Å²) < 4.78 is 0. The molecule has 2 aromatic rings. The van der Waals surface area contributed by atoms with Crippen molar-refractivity contribution in [1.82, 2.24) is 10.3 Å². The van der Waals surface area contributed by atoms with Crippen molar-refractivity contribution in [3.8, 4) is 0 Å². The van der Waals surface area contributed by atoms with E-state index in [0.29, 0.717) is 6.04 Å². The Morgan fingerprint density at radius 1 is 1.29 bits per heavy atom. The minimum atomic E-state index is 0.318. The number of pyridine rings is 1. The molecule has 17 heavy (non-hydrogen) atoms. The molecule has 1 N–H and O–H groups in total. The molecule has 0 aromatic carbocycles. The van der Waals surface area contributed by atoms with Gasteiger partial charge in [0.15, 0.2) is 0 Å². The highest BCUT2D eigenvalue weighted by Crippen LogP contribution is 2.20. The minimum Gasteiger partial charge on any atom is -0.309 e. The molecule has 0 radical (unpaired) electrons. The molecule has 0 spiro atoms.